The van der Waals surface area contributed by atoms with Gasteiger partial charge in [-0.2, -0.15) is 0 Å². The van der Waals surface area contributed by atoms with E-state index in [1.807, 2.05) is 29.7 Å². The summed E-state index contributed by atoms with van der Waals surface area (Å²) in [6, 6.07) is 21.2. The van der Waals surface area contributed by atoms with Crippen LogP contribution in [0.25, 0.3) is 31.4 Å². The van der Waals surface area contributed by atoms with Crippen LogP contribution in [0.2, 0.25) is 0 Å². The molecule has 0 spiro atoms. The van der Waals surface area contributed by atoms with Crippen molar-refractivity contribution in [2.45, 2.75) is 0 Å². The predicted molar refractivity (Wildman–Crippen MR) is 82.6 cm³/mol. The molecule has 0 aliphatic carbocycles. The molecule has 0 radical (unpaired) electrons. The number of thiophene rings is 1. The fraction of sp³-hybridized carbons (Fsp3) is 0. The van der Waals surface area contributed by atoms with Gasteiger partial charge in [0.25, 0.3) is 0 Å². The van der Waals surface area contributed by atoms with Crippen molar-refractivity contribution in [3.63, 3.8) is 0 Å². The molecular formula is C17H11NS. The van der Waals surface area contributed by atoms with E-state index in [2.05, 4.69) is 53.5 Å². The zero-order valence-corrected chi connectivity index (χ0v) is 11.0. The van der Waals surface area contributed by atoms with Gasteiger partial charge in [-0.3, -0.25) is 4.98 Å². The summed E-state index contributed by atoms with van der Waals surface area (Å²) in [6.45, 7) is 0. The van der Waals surface area contributed by atoms with Crippen molar-refractivity contribution in [1.82, 2.24) is 4.98 Å². The zero-order valence-electron chi connectivity index (χ0n) is 10.2. The number of rotatable bonds is 1. The van der Waals surface area contributed by atoms with Gasteiger partial charge < -0.3 is 0 Å². The van der Waals surface area contributed by atoms with Gasteiger partial charge in [0.1, 0.15) is 0 Å². The Bertz CT molecular complexity index is 862. The van der Waals surface area contributed by atoms with E-state index in [1.165, 1.54) is 25.7 Å². The number of benzene rings is 2. The summed E-state index contributed by atoms with van der Waals surface area (Å²) in [7, 11) is 0. The Morgan fingerprint density at radius 2 is 1.58 bits per heavy atom. The minimum absolute atomic E-state index is 1.03. The third-order valence-electron chi connectivity index (χ3n) is 3.34. The molecule has 90 valence electrons. The van der Waals surface area contributed by atoms with Crippen LogP contribution < -0.4 is 0 Å². The first-order valence-corrected chi connectivity index (χ1v) is 7.06. The highest BCUT2D eigenvalue weighted by atomic mass is 32.1. The SMILES string of the molecule is c1ccc(-c2ccc3c(c2)sc2ccccc23)nc1. The number of aromatic nitrogens is 1. The van der Waals surface area contributed by atoms with Crippen LogP contribution in [0.3, 0.4) is 0 Å². The number of nitrogens with zero attached hydrogens (tertiary/aromatic N) is 1. The van der Waals surface area contributed by atoms with Crippen LogP contribution in [0.4, 0.5) is 0 Å². The van der Waals surface area contributed by atoms with E-state index in [0.717, 1.165) is 5.69 Å². The fourth-order valence-electron chi connectivity index (χ4n) is 2.42. The highest BCUT2D eigenvalue weighted by Crippen LogP contribution is 2.35. The molecule has 2 heteroatoms. The molecule has 19 heavy (non-hydrogen) atoms. The molecule has 4 aromatic rings. The molecule has 2 aromatic carbocycles. The molecule has 0 aliphatic rings. The second kappa shape index (κ2) is 4.18. The van der Waals surface area contributed by atoms with Crippen molar-refractivity contribution in [2.75, 3.05) is 0 Å². The van der Waals surface area contributed by atoms with Crippen LogP contribution >= 0.6 is 11.3 Å². The third kappa shape index (κ3) is 1.72. The molecule has 0 bridgehead atoms. The minimum atomic E-state index is 1.03. The molecule has 0 atom stereocenters. The Balaban J connectivity index is 1.99. The third-order valence-corrected chi connectivity index (χ3v) is 4.47. The van der Waals surface area contributed by atoms with E-state index in [-0.39, 0.29) is 0 Å². The summed E-state index contributed by atoms with van der Waals surface area (Å²) >= 11 is 1.84. The number of hydrogen-bond donors (Lipinski definition) is 0. The van der Waals surface area contributed by atoms with Gasteiger partial charge in [-0.25, -0.2) is 0 Å². The van der Waals surface area contributed by atoms with Gasteiger partial charge in [-0.1, -0.05) is 36.4 Å². The smallest absolute Gasteiger partial charge is 0.0702 e. The maximum absolute atomic E-state index is 4.41. The highest BCUT2D eigenvalue weighted by molar-refractivity contribution is 7.25. The number of pyridine rings is 1. The Morgan fingerprint density at radius 3 is 2.47 bits per heavy atom. The summed E-state index contributed by atoms with van der Waals surface area (Å²) in [6.07, 6.45) is 1.84. The van der Waals surface area contributed by atoms with Gasteiger partial charge in [0.05, 0.1) is 5.69 Å². The monoisotopic (exact) mass is 261 g/mol. The van der Waals surface area contributed by atoms with Crippen LogP contribution in [0, 0.1) is 0 Å². The van der Waals surface area contributed by atoms with E-state index in [0.29, 0.717) is 0 Å². The normalized spacial score (nSPS) is 11.2. The van der Waals surface area contributed by atoms with Crippen molar-refractivity contribution in [3.8, 4) is 11.3 Å². The summed E-state index contributed by atoms with van der Waals surface area (Å²) in [5.74, 6) is 0. The Kier molecular flexibility index (Phi) is 2.35. The maximum atomic E-state index is 4.41. The van der Waals surface area contributed by atoms with E-state index < -0.39 is 0 Å². The van der Waals surface area contributed by atoms with E-state index in [4.69, 9.17) is 0 Å². The molecule has 1 nitrogen and oxygen atoms in total. The summed E-state index contributed by atoms with van der Waals surface area (Å²) in [5.41, 5.74) is 2.21. The fourth-order valence-corrected chi connectivity index (χ4v) is 3.56. The second-order valence-electron chi connectivity index (χ2n) is 4.52. The van der Waals surface area contributed by atoms with Crippen LogP contribution in [0.5, 0.6) is 0 Å². The molecule has 2 aromatic heterocycles. The molecule has 0 saturated heterocycles. The number of hydrogen-bond acceptors (Lipinski definition) is 2. The largest absolute Gasteiger partial charge is 0.256 e. The lowest BCUT2D eigenvalue weighted by Gasteiger charge is -2.00. The van der Waals surface area contributed by atoms with E-state index in [1.54, 1.807) is 0 Å². The van der Waals surface area contributed by atoms with Gasteiger partial charge in [0.2, 0.25) is 0 Å². The topological polar surface area (TPSA) is 12.9 Å². The Labute approximate surface area is 115 Å². The van der Waals surface area contributed by atoms with Crippen LogP contribution in [0.15, 0.2) is 66.9 Å². The lowest BCUT2D eigenvalue weighted by molar-refractivity contribution is 1.33. The van der Waals surface area contributed by atoms with E-state index >= 15 is 0 Å². The average molecular weight is 261 g/mol. The van der Waals surface area contributed by atoms with Gasteiger partial charge in [-0.05, 0) is 24.3 Å². The average Bonchev–Trinajstić information content (AvgIpc) is 2.86. The first kappa shape index (κ1) is 10.7. The minimum Gasteiger partial charge on any atom is -0.256 e. The van der Waals surface area contributed by atoms with Gasteiger partial charge in [-0.15, -0.1) is 11.3 Å². The highest BCUT2D eigenvalue weighted by Gasteiger charge is 2.06. The molecule has 0 N–H and O–H groups in total. The van der Waals surface area contributed by atoms with Crippen molar-refractivity contribution in [1.29, 1.82) is 0 Å². The molecular weight excluding hydrogens is 250 g/mol. The quantitative estimate of drug-likeness (QED) is 0.463. The lowest BCUT2D eigenvalue weighted by Crippen LogP contribution is -1.80. The van der Waals surface area contributed by atoms with Crippen LogP contribution in [-0.2, 0) is 0 Å². The van der Waals surface area contributed by atoms with Crippen LogP contribution in [-0.4, -0.2) is 4.98 Å². The van der Waals surface area contributed by atoms with E-state index in [9.17, 15) is 0 Å². The van der Waals surface area contributed by atoms with Gasteiger partial charge >= 0.3 is 0 Å². The Morgan fingerprint density at radius 1 is 0.737 bits per heavy atom. The maximum Gasteiger partial charge on any atom is 0.0702 e. The summed E-state index contributed by atoms with van der Waals surface area (Å²) in [5, 5.41) is 2.68. The second-order valence-corrected chi connectivity index (χ2v) is 5.61. The summed E-state index contributed by atoms with van der Waals surface area (Å²) in [4.78, 5) is 4.41. The molecule has 2 heterocycles. The summed E-state index contributed by atoms with van der Waals surface area (Å²) < 4.78 is 2.67. The van der Waals surface area contributed by atoms with Crippen molar-refractivity contribution in [3.05, 3.63) is 66.9 Å². The lowest BCUT2D eigenvalue weighted by atomic mass is 10.1. The molecule has 0 saturated carbocycles. The zero-order chi connectivity index (χ0) is 12.7. The van der Waals surface area contributed by atoms with Crippen molar-refractivity contribution in [2.24, 2.45) is 0 Å². The molecule has 0 fully saturated rings. The molecule has 0 unspecified atom stereocenters. The van der Waals surface area contributed by atoms with Gasteiger partial charge in [0, 0.05) is 31.9 Å². The first-order chi connectivity index (χ1) is 9.42. The van der Waals surface area contributed by atoms with Crippen LogP contribution in [0.1, 0.15) is 0 Å². The van der Waals surface area contributed by atoms with Crippen molar-refractivity contribution < 1.29 is 0 Å². The molecule has 4 rings (SSSR count). The van der Waals surface area contributed by atoms with Gasteiger partial charge in [0.15, 0.2) is 0 Å². The molecule has 0 amide bonds. The van der Waals surface area contributed by atoms with Crippen molar-refractivity contribution >= 4 is 31.5 Å². The Hall–Kier alpha value is -2.19. The predicted octanol–water partition coefficient (Wildman–Crippen LogP) is 5.12. The number of fused-ring (bicyclic) bond motifs is 3. The molecule has 0 aliphatic heterocycles. The first-order valence-electron chi connectivity index (χ1n) is 6.24. The standard InChI is InChI=1S/C17H11NS/c1-2-7-16-13(5-1)14-9-8-12(11-17(14)19-16)15-6-3-4-10-18-15/h1-11H.